The molecule has 1 saturated heterocycles. The van der Waals surface area contributed by atoms with Gasteiger partial charge >= 0.3 is 12.0 Å². The highest BCUT2D eigenvalue weighted by Crippen LogP contribution is 2.09. The summed E-state index contributed by atoms with van der Waals surface area (Å²) in [6.07, 6.45) is 3.76. The summed E-state index contributed by atoms with van der Waals surface area (Å²) in [7, 11) is 0. The number of piperidine rings is 1. The van der Waals surface area contributed by atoms with Crippen molar-refractivity contribution in [1.82, 2.24) is 19.8 Å². The maximum Gasteiger partial charge on any atom is 0.356 e. The molecule has 0 atom stereocenters. The number of amides is 2. The minimum absolute atomic E-state index is 0.0126. The highest BCUT2D eigenvalue weighted by molar-refractivity contribution is 5.84. The number of aromatic nitrogens is 2. The number of hydrogen-bond donors (Lipinski definition) is 3. The van der Waals surface area contributed by atoms with E-state index in [0.717, 1.165) is 0 Å². The predicted octanol–water partition coefficient (Wildman–Crippen LogP) is -0.252. The number of carbonyl (C=O) groups is 2. The molecule has 2 rings (SSSR count). The quantitative estimate of drug-likeness (QED) is 0.705. The molecule has 1 aliphatic rings. The van der Waals surface area contributed by atoms with Crippen LogP contribution in [-0.4, -0.2) is 62.4 Å². The second-order valence-corrected chi connectivity index (χ2v) is 4.75. The molecule has 1 aliphatic heterocycles. The molecule has 8 heteroatoms. The van der Waals surface area contributed by atoms with Gasteiger partial charge in [-0.15, -0.1) is 0 Å². The van der Waals surface area contributed by atoms with Gasteiger partial charge in [0.1, 0.15) is 0 Å². The first kappa shape index (κ1) is 14.3. The third-order valence-corrected chi connectivity index (χ3v) is 3.25. The van der Waals surface area contributed by atoms with E-state index in [-0.39, 0.29) is 17.8 Å². The first-order valence-corrected chi connectivity index (χ1v) is 6.52. The molecule has 0 radical (unpaired) electrons. The average Bonchev–Trinajstić information content (AvgIpc) is 2.88. The van der Waals surface area contributed by atoms with Crippen LogP contribution >= 0.6 is 0 Å². The largest absolute Gasteiger partial charge is 0.476 e. The standard InChI is InChI=1S/C12H18N4O4/c17-9-1-4-16(5-2-9)12(20)13-3-6-15-7-10(11(18)19)14-8-15/h7-9,17H,1-6H2,(H,13,20)(H,18,19). The van der Waals surface area contributed by atoms with Gasteiger partial charge in [0, 0.05) is 32.4 Å². The maximum absolute atomic E-state index is 11.8. The van der Waals surface area contributed by atoms with E-state index < -0.39 is 5.97 Å². The molecule has 1 aromatic rings. The van der Waals surface area contributed by atoms with E-state index in [2.05, 4.69) is 10.3 Å². The minimum atomic E-state index is -1.07. The zero-order valence-electron chi connectivity index (χ0n) is 11.0. The van der Waals surface area contributed by atoms with Crippen molar-refractivity contribution in [2.75, 3.05) is 19.6 Å². The Labute approximate surface area is 116 Å². The lowest BCUT2D eigenvalue weighted by Crippen LogP contribution is -2.46. The molecule has 0 unspecified atom stereocenters. The Balaban J connectivity index is 1.72. The second kappa shape index (κ2) is 6.38. The number of carboxylic acids is 1. The van der Waals surface area contributed by atoms with Crippen molar-refractivity contribution in [2.24, 2.45) is 0 Å². The van der Waals surface area contributed by atoms with E-state index in [1.165, 1.54) is 12.5 Å². The van der Waals surface area contributed by atoms with Crippen molar-refractivity contribution >= 4 is 12.0 Å². The monoisotopic (exact) mass is 282 g/mol. The van der Waals surface area contributed by atoms with Crippen LogP contribution in [0.25, 0.3) is 0 Å². The summed E-state index contributed by atoms with van der Waals surface area (Å²) in [6.45, 7) is 1.97. The van der Waals surface area contributed by atoms with Crippen molar-refractivity contribution < 1.29 is 19.8 Å². The number of aromatic carboxylic acids is 1. The molecule has 20 heavy (non-hydrogen) atoms. The van der Waals surface area contributed by atoms with Crippen LogP contribution in [0, 0.1) is 0 Å². The highest BCUT2D eigenvalue weighted by Gasteiger charge is 2.20. The SMILES string of the molecule is O=C(O)c1cn(CCNC(=O)N2CCC(O)CC2)cn1. The van der Waals surface area contributed by atoms with E-state index in [9.17, 15) is 14.7 Å². The Morgan fingerprint density at radius 2 is 2.10 bits per heavy atom. The number of urea groups is 1. The van der Waals surface area contributed by atoms with Crippen LogP contribution in [0.3, 0.4) is 0 Å². The Morgan fingerprint density at radius 1 is 1.40 bits per heavy atom. The third-order valence-electron chi connectivity index (χ3n) is 3.25. The van der Waals surface area contributed by atoms with E-state index in [0.29, 0.717) is 39.0 Å². The molecule has 1 fully saturated rings. The summed E-state index contributed by atoms with van der Waals surface area (Å²) in [6, 6.07) is -0.157. The van der Waals surface area contributed by atoms with Gasteiger partial charge in [0.25, 0.3) is 0 Å². The van der Waals surface area contributed by atoms with Gasteiger partial charge in [0.05, 0.1) is 12.4 Å². The molecule has 2 amide bonds. The van der Waals surface area contributed by atoms with Crippen molar-refractivity contribution in [2.45, 2.75) is 25.5 Å². The minimum Gasteiger partial charge on any atom is -0.476 e. The normalized spacial score (nSPS) is 16.1. The zero-order valence-corrected chi connectivity index (χ0v) is 11.0. The fourth-order valence-electron chi connectivity index (χ4n) is 2.07. The van der Waals surface area contributed by atoms with Crippen molar-refractivity contribution in [3.63, 3.8) is 0 Å². The Hall–Kier alpha value is -2.09. The topological polar surface area (TPSA) is 108 Å². The molecule has 2 heterocycles. The fourth-order valence-corrected chi connectivity index (χ4v) is 2.07. The molecule has 1 aromatic heterocycles. The number of carbonyl (C=O) groups excluding carboxylic acids is 1. The molecular formula is C12H18N4O4. The lowest BCUT2D eigenvalue weighted by molar-refractivity contribution is 0.0690. The van der Waals surface area contributed by atoms with E-state index in [1.54, 1.807) is 9.47 Å². The van der Waals surface area contributed by atoms with Crippen LogP contribution in [0.2, 0.25) is 0 Å². The number of aliphatic hydroxyl groups excluding tert-OH is 1. The third kappa shape index (κ3) is 3.70. The maximum atomic E-state index is 11.8. The number of likely N-dealkylation sites (tertiary alicyclic amines) is 1. The number of carboxylic acid groups (broad SMARTS) is 1. The number of hydrogen-bond acceptors (Lipinski definition) is 4. The Morgan fingerprint density at radius 3 is 2.70 bits per heavy atom. The van der Waals surface area contributed by atoms with Gasteiger partial charge in [-0.2, -0.15) is 0 Å². The van der Waals surface area contributed by atoms with Gasteiger partial charge in [-0.3, -0.25) is 0 Å². The number of aliphatic hydroxyl groups is 1. The molecular weight excluding hydrogens is 264 g/mol. The summed E-state index contributed by atoms with van der Waals surface area (Å²) >= 11 is 0. The molecule has 110 valence electrons. The summed E-state index contributed by atoms with van der Waals surface area (Å²) in [5.41, 5.74) is -0.0126. The smallest absolute Gasteiger partial charge is 0.356 e. The van der Waals surface area contributed by atoms with Gasteiger partial charge in [-0.05, 0) is 12.8 Å². The number of imidazole rings is 1. The highest BCUT2D eigenvalue weighted by atomic mass is 16.4. The first-order valence-electron chi connectivity index (χ1n) is 6.52. The molecule has 0 aliphatic carbocycles. The first-order chi connectivity index (χ1) is 9.56. The fraction of sp³-hybridized carbons (Fsp3) is 0.583. The number of nitrogens with one attached hydrogen (secondary N) is 1. The van der Waals surface area contributed by atoms with Crippen LogP contribution in [0.5, 0.6) is 0 Å². The van der Waals surface area contributed by atoms with Crippen molar-refractivity contribution in [3.05, 3.63) is 18.2 Å². The molecule has 0 bridgehead atoms. The van der Waals surface area contributed by atoms with Crippen molar-refractivity contribution in [3.8, 4) is 0 Å². The van der Waals surface area contributed by atoms with Gasteiger partial charge in [0.15, 0.2) is 5.69 Å². The van der Waals surface area contributed by atoms with Crippen LogP contribution in [0.1, 0.15) is 23.3 Å². The average molecular weight is 282 g/mol. The van der Waals surface area contributed by atoms with Crippen molar-refractivity contribution in [1.29, 1.82) is 0 Å². The summed E-state index contributed by atoms with van der Waals surface area (Å²) in [4.78, 5) is 27.9. The molecule has 8 nitrogen and oxygen atoms in total. The van der Waals surface area contributed by atoms with E-state index in [1.807, 2.05) is 0 Å². The lowest BCUT2D eigenvalue weighted by Gasteiger charge is -2.29. The molecule has 0 aromatic carbocycles. The summed E-state index contributed by atoms with van der Waals surface area (Å²) < 4.78 is 1.61. The van der Waals surface area contributed by atoms with E-state index >= 15 is 0 Å². The molecule has 0 saturated carbocycles. The van der Waals surface area contributed by atoms with Gasteiger partial charge < -0.3 is 25.0 Å². The second-order valence-electron chi connectivity index (χ2n) is 4.75. The zero-order chi connectivity index (χ0) is 14.5. The Bertz CT molecular complexity index is 480. The number of rotatable bonds is 4. The van der Waals surface area contributed by atoms with Crippen LogP contribution in [-0.2, 0) is 6.54 Å². The molecule has 3 N–H and O–H groups in total. The lowest BCUT2D eigenvalue weighted by atomic mass is 10.1. The Kier molecular flexibility index (Phi) is 4.57. The summed E-state index contributed by atoms with van der Waals surface area (Å²) in [5.74, 6) is -1.07. The van der Waals surface area contributed by atoms with Crippen LogP contribution in [0.4, 0.5) is 4.79 Å². The van der Waals surface area contributed by atoms with Gasteiger partial charge in [0.2, 0.25) is 0 Å². The van der Waals surface area contributed by atoms with E-state index in [4.69, 9.17) is 5.11 Å². The van der Waals surface area contributed by atoms with Gasteiger partial charge in [-0.1, -0.05) is 0 Å². The van der Waals surface area contributed by atoms with Gasteiger partial charge in [-0.25, -0.2) is 14.6 Å². The van der Waals surface area contributed by atoms with Crippen LogP contribution < -0.4 is 5.32 Å². The molecule has 0 spiro atoms. The summed E-state index contributed by atoms with van der Waals surface area (Å²) in [5, 5.41) is 20.9. The number of nitrogens with zero attached hydrogens (tertiary/aromatic N) is 3. The predicted molar refractivity (Wildman–Crippen MR) is 69.4 cm³/mol. The van der Waals surface area contributed by atoms with Crippen LogP contribution in [0.15, 0.2) is 12.5 Å².